The van der Waals surface area contributed by atoms with Gasteiger partial charge >= 0.3 is 0 Å². The number of hydroxylamine groups is 1. The van der Waals surface area contributed by atoms with E-state index in [2.05, 4.69) is 0 Å². The van der Waals surface area contributed by atoms with Crippen LogP contribution in [0, 0.1) is 0 Å². The molecule has 1 aliphatic heterocycles. The Balaban J connectivity index is 1.62. The molecule has 0 bridgehead atoms. The molecule has 1 amide bonds. The highest BCUT2D eigenvalue weighted by molar-refractivity contribution is 7.89. The number of fused-ring (bicyclic) bond motifs is 4. The molecular formula is C22H18N2O5S. The molecule has 0 saturated carbocycles. The number of carbonyl (C=O) groups is 1. The summed E-state index contributed by atoms with van der Waals surface area (Å²) in [6.07, 6.45) is 0.175. The van der Waals surface area contributed by atoms with Crippen molar-refractivity contribution in [2.75, 3.05) is 0 Å². The monoisotopic (exact) mass is 422 g/mol. The van der Waals surface area contributed by atoms with Gasteiger partial charge in [-0.05, 0) is 35.7 Å². The SMILES string of the molecule is O=C(NO)[C@H]1Cc2ccccc2CN1S(=O)(=O)c1ccc2c(c1)oc1ccccc12. The number of sulfonamides is 1. The smallest absolute Gasteiger partial charge is 0.262 e. The third-order valence-electron chi connectivity index (χ3n) is 5.58. The minimum absolute atomic E-state index is 0.0316. The molecule has 0 saturated heterocycles. The number of benzene rings is 3. The van der Waals surface area contributed by atoms with E-state index >= 15 is 0 Å². The lowest BCUT2D eigenvalue weighted by Crippen LogP contribution is -2.51. The number of carbonyl (C=O) groups excluding carboxylic acids is 1. The topological polar surface area (TPSA) is 99.9 Å². The van der Waals surface area contributed by atoms with Gasteiger partial charge in [0.25, 0.3) is 5.91 Å². The maximum atomic E-state index is 13.5. The van der Waals surface area contributed by atoms with Crippen molar-refractivity contribution < 1.29 is 22.8 Å². The second-order valence-corrected chi connectivity index (χ2v) is 9.16. The van der Waals surface area contributed by atoms with Crippen molar-refractivity contribution in [2.24, 2.45) is 0 Å². The van der Waals surface area contributed by atoms with Crippen LogP contribution in [0.15, 0.2) is 76.0 Å². The lowest BCUT2D eigenvalue weighted by molar-refractivity contribution is -0.133. The lowest BCUT2D eigenvalue weighted by atomic mass is 9.95. The number of furan rings is 1. The number of nitrogens with zero attached hydrogens (tertiary/aromatic N) is 1. The molecule has 8 heteroatoms. The summed E-state index contributed by atoms with van der Waals surface area (Å²) in [4.78, 5) is 12.3. The summed E-state index contributed by atoms with van der Waals surface area (Å²) in [6.45, 7) is 0.0365. The van der Waals surface area contributed by atoms with Crippen LogP contribution >= 0.6 is 0 Å². The number of para-hydroxylation sites is 1. The fourth-order valence-electron chi connectivity index (χ4n) is 4.05. The highest BCUT2D eigenvalue weighted by Gasteiger charge is 2.39. The molecule has 2 heterocycles. The van der Waals surface area contributed by atoms with Gasteiger partial charge in [-0.15, -0.1) is 0 Å². The van der Waals surface area contributed by atoms with Crippen molar-refractivity contribution in [1.29, 1.82) is 0 Å². The van der Waals surface area contributed by atoms with Crippen molar-refractivity contribution in [2.45, 2.75) is 23.9 Å². The second-order valence-electron chi connectivity index (χ2n) is 7.27. The summed E-state index contributed by atoms with van der Waals surface area (Å²) in [5, 5.41) is 10.9. The zero-order chi connectivity index (χ0) is 20.9. The lowest BCUT2D eigenvalue weighted by Gasteiger charge is -2.34. The number of hydrogen-bond acceptors (Lipinski definition) is 5. The maximum absolute atomic E-state index is 13.5. The van der Waals surface area contributed by atoms with Crippen LogP contribution in [0.5, 0.6) is 0 Å². The molecule has 0 spiro atoms. The highest BCUT2D eigenvalue weighted by atomic mass is 32.2. The quantitative estimate of drug-likeness (QED) is 0.390. The van der Waals surface area contributed by atoms with Gasteiger partial charge in [-0.25, -0.2) is 13.9 Å². The normalized spacial score (nSPS) is 17.2. The van der Waals surface area contributed by atoms with Crippen LogP contribution in [0.2, 0.25) is 0 Å². The molecule has 2 N–H and O–H groups in total. The first kappa shape index (κ1) is 18.8. The van der Waals surface area contributed by atoms with Gasteiger partial charge in [0.2, 0.25) is 10.0 Å². The fraction of sp³-hybridized carbons (Fsp3) is 0.136. The largest absolute Gasteiger partial charge is 0.456 e. The molecule has 1 aromatic heterocycles. The van der Waals surface area contributed by atoms with Crippen molar-refractivity contribution >= 4 is 37.9 Å². The van der Waals surface area contributed by atoms with Crippen LogP contribution in [0.25, 0.3) is 21.9 Å². The van der Waals surface area contributed by atoms with Crippen molar-refractivity contribution in [3.05, 3.63) is 77.9 Å². The molecule has 4 aromatic rings. The standard InChI is InChI=1S/C22H18N2O5S/c25-22(23-26)19-11-14-5-1-2-6-15(14)13-24(19)30(27,28)16-9-10-18-17-7-3-4-8-20(17)29-21(18)12-16/h1-10,12,19,26H,11,13H2,(H,23,25)/t19-/m1/s1. The molecule has 1 aliphatic rings. The molecule has 5 rings (SSSR count). The van der Waals surface area contributed by atoms with Gasteiger partial charge in [-0.3, -0.25) is 10.0 Å². The van der Waals surface area contributed by atoms with Gasteiger partial charge in [0, 0.05) is 23.4 Å². The molecule has 7 nitrogen and oxygen atoms in total. The molecule has 1 atom stereocenters. The fourth-order valence-corrected chi connectivity index (χ4v) is 5.63. The van der Waals surface area contributed by atoms with Crippen LogP contribution < -0.4 is 5.48 Å². The summed E-state index contributed by atoms with van der Waals surface area (Å²) in [5.74, 6) is -0.766. The Kier molecular flexibility index (Phi) is 4.35. The van der Waals surface area contributed by atoms with Crippen molar-refractivity contribution in [3.63, 3.8) is 0 Å². The minimum atomic E-state index is -4.04. The highest BCUT2D eigenvalue weighted by Crippen LogP contribution is 2.33. The van der Waals surface area contributed by atoms with Gasteiger partial charge in [0.1, 0.15) is 17.2 Å². The third kappa shape index (κ3) is 2.88. The van der Waals surface area contributed by atoms with Gasteiger partial charge in [0.15, 0.2) is 0 Å². The Morgan fingerprint density at radius 2 is 1.67 bits per heavy atom. The van der Waals surface area contributed by atoms with Crippen LogP contribution in [0.1, 0.15) is 11.1 Å². The summed E-state index contributed by atoms with van der Waals surface area (Å²) in [5.41, 5.74) is 4.44. The van der Waals surface area contributed by atoms with E-state index in [0.29, 0.717) is 11.2 Å². The molecule has 0 fully saturated rings. The summed E-state index contributed by atoms with van der Waals surface area (Å²) in [6, 6.07) is 18.5. The first-order chi connectivity index (χ1) is 14.5. The van der Waals surface area contributed by atoms with Crippen molar-refractivity contribution in [1.82, 2.24) is 9.79 Å². The van der Waals surface area contributed by atoms with E-state index in [1.165, 1.54) is 12.1 Å². The third-order valence-corrected chi connectivity index (χ3v) is 7.43. The average molecular weight is 422 g/mol. The predicted molar refractivity (Wildman–Crippen MR) is 110 cm³/mol. The second kappa shape index (κ2) is 6.94. The van der Waals surface area contributed by atoms with E-state index in [0.717, 1.165) is 26.2 Å². The Bertz CT molecular complexity index is 1390. The Morgan fingerprint density at radius 3 is 2.47 bits per heavy atom. The number of hydrogen-bond donors (Lipinski definition) is 2. The van der Waals surface area contributed by atoms with Crippen LogP contribution in [-0.2, 0) is 27.8 Å². The molecule has 0 radical (unpaired) electrons. The average Bonchev–Trinajstić information content (AvgIpc) is 3.15. The summed E-state index contributed by atoms with van der Waals surface area (Å²) in [7, 11) is -4.04. The van der Waals surface area contributed by atoms with E-state index in [9.17, 15) is 18.4 Å². The van der Waals surface area contributed by atoms with Crippen LogP contribution in [0.4, 0.5) is 0 Å². The van der Waals surface area contributed by atoms with Crippen LogP contribution in [-0.4, -0.2) is 29.9 Å². The first-order valence-electron chi connectivity index (χ1n) is 9.43. The van der Waals surface area contributed by atoms with Gasteiger partial charge < -0.3 is 4.42 Å². The number of rotatable bonds is 3. The van der Waals surface area contributed by atoms with E-state index in [4.69, 9.17) is 4.42 Å². The summed E-state index contributed by atoms with van der Waals surface area (Å²) < 4.78 is 34.0. The van der Waals surface area contributed by atoms with E-state index in [1.54, 1.807) is 11.5 Å². The number of nitrogens with one attached hydrogen (secondary N) is 1. The molecule has 30 heavy (non-hydrogen) atoms. The van der Waals surface area contributed by atoms with Crippen LogP contribution in [0.3, 0.4) is 0 Å². The Hall–Kier alpha value is -3.20. The molecule has 3 aromatic carbocycles. The zero-order valence-corrected chi connectivity index (χ0v) is 16.6. The van der Waals surface area contributed by atoms with E-state index < -0.39 is 22.0 Å². The number of amides is 1. The van der Waals surface area contributed by atoms with Gasteiger partial charge in [-0.1, -0.05) is 42.5 Å². The zero-order valence-electron chi connectivity index (χ0n) is 15.8. The molecule has 0 unspecified atom stereocenters. The summed E-state index contributed by atoms with van der Waals surface area (Å²) >= 11 is 0. The Morgan fingerprint density at radius 1 is 0.967 bits per heavy atom. The van der Waals surface area contributed by atoms with E-state index in [1.807, 2.05) is 48.5 Å². The molecule has 0 aliphatic carbocycles. The maximum Gasteiger partial charge on any atom is 0.262 e. The van der Waals surface area contributed by atoms with Gasteiger partial charge in [0.05, 0.1) is 4.90 Å². The predicted octanol–water partition coefficient (Wildman–Crippen LogP) is 3.21. The van der Waals surface area contributed by atoms with E-state index in [-0.39, 0.29) is 17.9 Å². The van der Waals surface area contributed by atoms with Crippen molar-refractivity contribution in [3.8, 4) is 0 Å². The first-order valence-corrected chi connectivity index (χ1v) is 10.9. The Labute approximate surface area is 172 Å². The van der Waals surface area contributed by atoms with Gasteiger partial charge in [-0.2, -0.15) is 4.31 Å². The molecular weight excluding hydrogens is 404 g/mol. The minimum Gasteiger partial charge on any atom is -0.456 e. The molecule has 152 valence electrons.